The van der Waals surface area contributed by atoms with Crippen molar-refractivity contribution in [2.45, 2.75) is 18.3 Å². The van der Waals surface area contributed by atoms with Gasteiger partial charge in [-0.15, -0.1) is 0 Å². The van der Waals surface area contributed by atoms with E-state index in [1.54, 1.807) is 13.2 Å². The fourth-order valence-corrected chi connectivity index (χ4v) is 1.93. The Morgan fingerprint density at radius 1 is 1.50 bits per heavy atom. The molecule has 1 aromatic rings. The monoisotopic (exact) mass is 207 g/mol. The molecule has 72 valence electrons. The molecule has 2 rings (SSSR count). The Kier molecular flexibility index (Phi) is 2.13. The average molecular weight is 208 g/mol. The first-order chi connectivity index (χ1) is 6.72. The number of benzene rings is 1. The van der Waals surface area contributed by atoms with Gasteiger partial charge in [0.25, 0.3) is 0 Å². The highest BCUT2D eigenvalue weighted by Gasteiger charge is 2.46. The van der Waals surface area contributed by atoms with Crippen LogP contribution < -0.4 is 4.74 Å². The summed E-state index contributed by atoms with van der Waals surface area (Å²) < 4.78 is 5.05. The normalized spacial score (nSPS) is 17.2. The standard InChI is InChI=1S/C11H10ClNO/c1-14-8-2-3-9(10(12)6-8)11(7-13)4-5-11/h2-3,6H,4-5H2,1H3. The Bertz CT molecular complexity index is 404. The van der Waals surface area contributed by atoms with Crippen molar-refractivity contribution in [3.05, 3.63) is 28.8 Å². The van der Waals surface area contributed by atoms with Gasteiger partial charge in [0.2, 0.25) is 0 Å². The predicted octanol–water partition coefficient (Wildman–Crippen LogP) is 2.90. The summed E-state index contributed by atoms with van der Waals surface area (Å²) in [7, 11) is 1.60. The maximum Gasteiger partial charge on any atom is 0.120 e. The number of halogens is 1. The van der Waals surface area contributed by atoms with Gasteiger partial charge in [-0.05, 0) is 30.5 Å². The predicted molar refractivity (Wildman–Crippen MR) is 54.5 cm³/mol. The van der Waals surface area contributed by atoms with Crippen LogP contribution in [-0.4, -0.2) is 7.11 Å². The van der Waals surface area contributed by atoms with Gasteiger partial charge in [-0.25, -0.2) is 0 Å². The van der Waals surface area contributed by atoms with Crippen molar-refractivity contribution < 1.29 is 4.74 Å². The van der Waals surface area contributed by atoms with Crippen LogP contribution in [0.3, 0.4) is 0 Å². The maximum atomic E-state index is 9.02. The SMILES string of the molecule is COc1ccc(C2(C#N)CC2)c(Cl)c1. The van der Waals surface area contributed by atoms with Gasteiger partial charge in [0.15, 0.2) is 0 Å². The topological polar surface area (TPSA) is 33.0 Å². The van der Waals surface area contributed by atoms with Crippen molar-refractivity contribution in [2.24, 2.45) is 0 Å². The van der Waals surface area contributed by atoms with Crippen molar-refractivity contribution in [3.8, 4) is 11.8 Å². The van der Waals surface area contributed by atoms with E-state index in [4.69, 9.17) is 21.6 Å². The van der Waals surface area contributed by atoms with Crippen LogP contribution >= 0.6 is 11.6 Å². The molecule has 0 unspecified atom stereocenters. The molecule has 0 saturated heterocycles. The summed E-state index contributed by atoms with van der Waals surface area (Å²) in [6.45, 7) is 0. The molecule has 0 heterocycles. The molecule has 0 bridgehead atoms. The molecular formula is C11H10ClNO. The number of rotatable bonds is 2. The zero-order chi connectivity index (χ0) is 10.2. The van der Waals surface area contributed by atoms with Gasteiger partial charge >= 0.3 is 0 Å². The lowest BCUT2D eigenvalue weighted by Gasteiger charge is -2.09. The Hall–Kier alpha value is -1.20. The molecule has 2 nitrogen and oxygen atoms in total. The van der Waals surface area contributed by atoms with Crippen LogP contribution in [-0.2, 0) is 5.41 Å². The molecule has 0 N–H and O–H groups in total. The molecule has 1 aromatic carbocycles. The van der Waals surface area contributed by atoms with Crippen molar-refractivity contribution in [1.82, 2.24) is 0 Å². The molecule has 0 spiro atoms. The lowest BCUT2D eigenvalue weighted by atomic mass is 9.98. The summed E-state index contributed by atoms with van der Waals surface area (Å²) in [6, 6.07) is 7.81. The summed E-state index contributed by atoms with van der Waals surface area (Å²) in [5.41, 5.74) is 0.617. The minimum absolute atomic E-state index is 0.316. The summed E-state index contributed by atoms with van der Waals surface area (Å²) in [4.78, 5) is 0. The third kappa shape index (κ3) is 1.34. The van der Waals surface area contributed by atoms with E-state index in [0.29, 0.717) is 5.02 Å². The second kappa shape index (κ2) is 3.18. The first-order valence-electron chi connectivity index (χ1n) is 4.47. The number of hydrogen-bond acceptors (Lipinski definition) is 2. The fraction of sp³-hybridized carbons (Fsp3) is 0.364. The molecule has 0 radical (unpaired) electrons. The van der Waals surface area contributed by atoms with Gasteiger partial charge in [-0.2, -0.15) is 5.26 Å². The maximum absolute atomic E-state index is 9.02. The molecular weight excluding hydrogens is 198 g/mol. The van der Waals surface area contributed by atoms with E-state index in [1.807, 2.05) is 12.1 Å². The summed E-state index contributed by atoms with van der Waals surface area (Å²) in [6.07, 6.45) is 1.82. The van der Waals surface area contributed by atoms with E-state index >= 15 is 0 Å². The van der Waals surface area contributed by atoms with E-state index in [2.05, 4.69) is 6.07 Å². The van der Waals surface area contributed by atoms with E-state index < -0.39 is 0 Å². The van der Waals surface area contributed by atoms with Gasteiger partial charge in [-0.1, -0.05) is 17.7 Å². The highest BCUT2D eigenvalue weighted by molar-refractivity contribution is 6.31. The van der Waals surface area contributed by atoms with Crippen LogP contribution in [0.25, 0.3) is 0 Å². The molecule has 14 heavy (non-hydrogen) atoms. The highest BCUT2D eigenvalue weighted by Crippen LogP contribution is 2.50. The van der Waals surface area contributed by atoms with E-state index in [-0.39, 0.29) is 5.41 Å². The second-order valence-corrected chi connectivity index (χ2v) is 3.95. The average Bonchev–Trinajstić information content (AvgIpc) is 2.98. The van der Waals surface area contributed by atoms with Crippen molar-refractivity contribution in [1.29, 1.82) is 5.26 Å². The van der Waals surface area contributed by atoms with Crippen LogP contribution in [0.5, 0.6) is 5.75 Å². The minimum Gasteiger partial charge on any atom is -0.497 e. The Labute approximate surface area is 88.1 Å². The van der Waals surface area contributed by atoms with Crippen molar-refractivity contribution in [3.63, 3.8) is 0 Å². The van der Waals surface area contributed by atoms with Crippen molar-refractivity contribution >= 4 is 11.6 Å². The first-order valence-corrected chi connectivity index (χ1v) is 4.85. The van der Waals surface area contributed by atoms with Gasteiger partial charge in [0.05, 0.1) is 18.6 Å². The zero-order valence-corrected chi connectivity index (χ0v) is 8.64. The smallest absolute Gasteiger partial charge is 0.120 e. The lowest BCUT2D eigenvalue weighted by molar-refractivity contribution is 0.414. The van der Waals surface area contributed by atoms with Crippen molar-refractivity contribution in [2.75, 3.05) is 7.11 Å². The molecule has 1 saturated carbocycles. The number of hydrogen-bond donors (Lipinski definition) is 0. The Morgan fingerprint density at radius 2 is 2.21 bits per heavy atom. The number of nitrogens with zero attached hydrogens (tertiary/aromatic N) is 1. The van der Waals surface area contributed by atoms with Crippen LogP contribution in [0, 0.1) is 11.3 Å². The summed E-state index contributed by atoms with van der Waals surface area (Å²) in [5, 5.41) is 9.65. The van der Waals surface area contributed by atoms with E-state index in [0.717, 1.165) is 24.2 Å². The second-order valence-electron chi connectivity index (χ2n) is 3.54. The molecule has 0 aliphatic heterocycles. The first kappa shape index (κ1) is 9.36. The van der Waals surface area contributed by atoms with Gasteiger partial charge in [0.1, 0.15) is 5.75 Å². The largest absolute Gasteiger partial charge is 0.497 e. The molecule has 1 aliphatic rings. The van der Waals surface area contributed by atoms with Gasteiger partial charge < -0.3 is 4.74 Å². The summed E-state index contributed by atoms with van der Waals surface area (Å²) in [5.74, 6) is 0.729. The Balaban J connectivity index is 2.42. The molecule has 0 aromatic heterocycles. The van der Waals surface area contributed by atoms with E-state index in [1.165, 1.54) is 0 Å². The van der Waals surface area contributed by atoms with Gasteiger partial charge in [0, 0.05) is 5.02 Å². The molecule has 1 fully saturated rings. The van der Waals surface area contributed by atoms with Crippen LogP contribution in [0.1, 0.15) is 18.4 Å². The zero-order valence-electron chi connectivity index (χ0n) is 7.88. The highest BCUT2D eigenvalue weighted by atomic mass is 35.5. The van der Waals surface area contributed by atoms with Gasteiger partial charge in [-0.3, -0.25) is 0 Å². The quantitative estimate of drug-likeness (QED) is 0.747. The molecule has 1 aliphatic carbocycles. The van der Waals surface area contributed by atoms with Crippen LogP contribution in [0.4, 0.5) is 0 Å². The minimum atomic E-state index is -0.316. The third-order valence-corrected chi connectivity index (χ3v) is 2.97. The summed E-state index contributed by atoms with van der Waals surface area (Å²) >= 11 is 6.08. The molecule has 0 amide bonds. The number of nitriles is 1. The molecule has 0 atom stereocenters. The number of ether oxygens (including phenoxy) is 1. The Morgan fingerprint density at radius 3 is 2.64 bits per heavy atom. The third-order valence-electron chi connectivity index (χ3n) is 2.66. The number of methoxy groups -OCH3 is 1. The van der Waals surface area contributed by atoms with Crippen LogP contribution in [0.15, 0.2) is 18.2 Å². The lowest BCUT2D eigenvalue weighted by Crippen LogP contribution is -2.03. The van der Waals surface area contributed by atoms with Crippen LogP contribution in [0.2, 0.25) is 5.02 Å². The van der Waals surface area contributed by atoms with E-state index in [9.17, 15) is 0 Å². The molecule has 3 heteroatoms. The fourth-order valence-electron chi connectivity index (χ4n) is 1.58.